The number of guanidine groups is 1. The molecule has 148 valence electrons. The number of thiophene rings is 1. The van der Waals surface area contributed by atoms with Crippen molar-refractivity contribution in [1.29, 1.82) is 0 Å². The van der Waals surface area contributed by atoms with E-state index < -0.39 is 0 Å². The second-order valence-electron chi connectivity index (χ2n) is 6.11. The third kappa shape index (κ3) is 4.90. The van der Waals surface area contributed by atoms with E-state index >= 15 is 0 Å². The molecule has 4 N–H and O–H groups in total. The smallest absolute Gasteiger partial charge is 0.231 e. The van der Waals surface area contributed by atoms with Crippen LogP contribution in [0.1, 0.15) is 56.5 Å². The number of nitrogens with two attached hydrogens (primary N) is 2. The lowest BCUT2D eigenvalue weighted by Gasteiger charge is -2.24. The molecule has 0 bridgehead atoms. The number of nitrogens with zero attached hydrogens (tertiary/aromatic N) is 3. The van der Waals surface area contributed by atoms with Crippen LogP contribution >= 0.6 is 11.3 Å². The minimum Gasteiger partial charge on any atom is -0.398 e. The number of anilines is 1. The van der Waals surface area contributed by atoms with Crippen LogP contribution in [-0.2, 0) is 4.79 Å². The molecule has 2 aromatic heterocycles. The molecule has 28 heavy (non-hydrogen) atoms. The fourth-order valence-electron chi connectivity index (χ4n) is 2.62. The number of rotatable bonds is 3. The quantitative estimate of drug-likeness (QED) is 0.770. The molecule has 1 atom stereocenters. The predicted molar refractivity (Wildman–Crippen MR) is 117 cm³/mol. The highest BCUT2D eigenvalue weighted by atomic mass is 32.1. The van der Waals surface area contributed by atoms with Crippen LogP contribution in [-0.4, -0.2) is 28.8 Å². The van der Waals surface area contributed by atoms with Gasteiger partial charge in [-0.25, -0.2) is 4.99 Å². The number of pyridine rings is 1. The molecule has 0 saturated heterocycles. The molecule has 3 heterocycles. The molecule has 0 aromatic carbocycles. The number of aromatic nitrogens is 1. The molecule has 2 aromatic rings. The van der Waals surface area contributed by atoms with E-state index in [1.807, 2.05) is 26.0 Å². The lowest BCUT2D eigenvalue weighted by atomic mass is 10.1. The molecule has 0 aliphatic carbocycles. The number of carbonyl (C=O) groups is 1. The standard InChI is InChI=1S/C19H21N5OS.C2H6/c1-3-4-5-6-12-7-13(11-22-10-12)18-14(20)8-16(26-18)15-9-17(25)24(2)19(21)23-15;1-2/h7-8,10-11,15H,3-4,9,20H2,1-2H3,(H2,21,23);1-2H3. The Morgan fingerprint density at radius 1 is 1.29 bits per heavy atom. The van der Waals surface area contributed by atoms with E-state index in [4.69, 9.17) is 11.5 Å². The number of hydrogen-bond acceptors (Lipinski definition) is 6. The summed E-state index contributed by atoms with van der Waals surface area (Å²) in [4.78, 5) is 23.9. The summed E-state index contributed by atoms with van der Waals surface area (Å²) in [7, 11) is 1.63. The zero-order valence-electron chi connectivity index (χ0n) is 16.8. The van der Waals surface area contributed by atoms with Gasteiger partial charge in [0.05, 0.1) is 23.0 Å². The molecular formula is C21H27N5OS. The Hall–Kier alpha value is -2.85. The van der Waals surface area contributed by atoms with Gasteiger partial charge in [0.2, 0.25) is 5.91 Å². The van der Waals surface area contributed by atoms with Crippen LogP contribution in [0, 0.1) is 11.8 Å². The van der Waals surface area contributed by atoms with Crippen molar-refractivity contribution in [2.45, 2.75) is 46.1 Å². The molecule has 1 unspecified atom stereocenters. The van der Waals surface area contributed by atoms with E-state index in [-0.39, 0.29) is 24.3 Å². The first-order valence-corrected chi connectivity index (χ1v) is 10.2. The number of unbranched alkanes of at least 4 members (excludes halogenated alkanes) is 1. The van der Waals surface area contributed by atoms with Crippen LogP contribution in [0.2, 0.25) is 0 Å². The second kappa shape index (κ2) is 9.90. The average Bonchev–Trinajstić information content (AvgIpc) is 3.09. The van der Waals surface area contributed by atoms with Gasteiger partial charge in [-0.2, -0.15) is 0 Å². The van der Waals surface area contributed by atoms with E-state index in [2.05, 4.69) is 28.7 Å². The lowest BCUT2D eigenvalue weighted by molar-refractivity contribution is -0.127. The van der Waals surface area contributed by atoms with Gasteiger partial charge in [0, 0.05) is 41.9 Å². The van der Waals surface area contributed by atoms with Crippen LogP contribution in [0.4, 0.5) is 5.69 Å². The van der Waals surface area contributed by atoms with E-state index in [9.17, 15) is 4.79 Å². The molecule has 0 fully saturated rings. The first kappa shape index (κ1) is 21.5. The number of amides is 1. The maximum atomic E-state index is 12.0. The topological polar surface area (TPSA) is 97.6 Å². The molecule has 1 aliphatic rings. The molecular weight excluding hydrogens is 370 g/mol. The summed E-state index contributed by atoms with van der Waals surface area (Å²) < 4.78 is 0. The maximum Gasteiger partial charge on any atom is 0.231 e. The molecule has 0 radical (unpaired) electrons. The van der Waals surface area contributed by atoms with Crippen molar-refractivity contribution < 1.29 is 4.79 Å². The molecule has 0 saturated carbocycles. The molecule has 3 rings (SSSR count). The SMILES string of the molecule is CC.CCCC#Cc1cncc(-c2sc(C3CC(=O)N(C)C(N)=N3)cc2N)c1. The highest BCUT2D eigenvalue weighted by molar-refractivity contribution is 7.16. The highest BCUT2D eigenvalue weighted by Crippen LogP contribution is 2.40. The highest BCUT2D eigenvalue weighted by Gasteiger charge is 2.27. The largest absolute Gasteiger partial charge is 0.398 e. The summed E-state index contributed by atoms with van der Waals surface area (Å²) >= 11 is 1.51. The zero-order valence-corrected chi connectivity index (χ0v) is 17.6. The van der Waals surface area contributed by atoms with E-state index in [1.165, 1.54) is 16.2 Å². The van der Waals surface area contributed by atoms with Crippen molar-refractivity contribution in [3.05, 3.63) is 35.0 Å². The van der Waals surface area contributed by atoms with Crippen molar-refractivity contribution in [1.82, 2.24) is 9.88 Å². The Bertz CT molecular complexity index is 922. The zero-order chi connectivity index (χ0) is 20.7. The summed E-state index contributed by atoms with van der Waals surface area (Å²) in [6.07, 6.45) is 5.70. The first-order chi connectivity index (χ1) is 13.5. The summed E-state index contributed by atoms with van der Waals surface area (Å²) in [5, 5.41) is 0. The summed E-state index contributed by atoms with van der Waals surface area (Å²) in [6.45, 7) is 6.10. The van der Waals surface area contributed by atoms with Gasteiger partial charge >= 0.3 is 0 Å². The van der Waals surface area contributed by atoms with E-state index in [0.717, 1.165) is 33.7 Å². The summed E-state index contributed by atoms with van der Waals surface area (Å²) in [5.74, 6) is 6.43. The van der Waals surface area contributed by atoms with Crippen LogP contribution in [0.3, 0.4) is 0 Å². The predicted octanol–water partition coefficient (Wildman–Crippen LogP) is 3.79. The van der Waals surface area contributed by atoms with Gasteiger partial charge in [-0.15, -0.1) is 11.3 Å². The van der Waals surface area contributed by atoms with Gasteiger partial charge in [-0.3, -0.25) is 14.7 Å². The van der Waals surface area contributed by atoms with E-state index in [1.54, 1.807) is 19.4 Å². The molecule has 1 aliphatic heterocycles. The third-order valence-electron chi connectivity index (χ3n) is 4.09. The van der Waals surface area contributed by atoms with Gasteiger partial charge in [-0.1, -0.05) is 32.6 Å². The normalized spacial score (nSPS) is 15.9. The van der Waals surface area contributed by atoms with Crippen LogP contribution in [0.25, 0.3) is 10.4 Å². The Morgan fingerprint density at radius 3 is 2.71 bits per heavy atom. The molecule has 1 amide bonds. The number of aliphatic imine (C=N–C) groups is 1. The van der Waals surface area contributed by atoms with Crippen molar-refractivity contribution in [2.75, 3.05) is 12.8 Å². The molecule has 0 spiro atoms. The minimum atomic E-state index is -0.291. The van der Waals surface area contributed by atoms with Gasteiger partial charge in [0.1, 0.15) is 0 Å². The van der Waals surface area contributed by atoms with Gasteiger partial charge in [-0.05, 0) is 18.6 Å². The van der Waals surface area contributed by atoms with Crippen molar-refractivity contribution in [3.63, 3.8) is 0 Å². The monoisotopic (exact) mass is 397 g/mol. The Morgan fingerprint density at radius 2 is 2.04 bits per heavy atom. The van der Waals surface area contributed by atoms with Crippen LogP contribution in [0.5, 0.6) is 0 Å². The second-order valence-corrected chi connectivity index (χ2v) is 7.19. The number of hydrogen-bond donors (Lipinski definition) is 2. The van der Waals surface area contributed by atoms with Crippen molar-refractivity contribution >= 4 is 28.9 Å². The van der Waals surface area contributed by atoms with Gasteiger partial charge < -0.3 is 11.5 Å². The number of nitrogen functional groups attached to an aromatic ring is 1. The lowest BCUT2D eigenvalue weighted by Crippen LogP contribution is -2.42. The van der Waals surface area contributed by atoms with Crippen molar-refractivity contribution in [3.8, 4) is 22.3 Å². The van der Waals surface area contributed by atoms with Crippen LogP contribution in [0.15, 0.2) is 29.5 Å². The fraction of sp³-hybridized carbons (Fsp3) is 0.381. The van der Waals surface area contributed by atoms with E-state index in [0.29, 0.717) is 5.69 Å². The summed E-state index contributed by atoms with van der Waals surface area (Å²) in [6, 6.07) is 3.56. The fourth-order valence-corrected chi connectivity index (χ4v) is 3.72. The maximum absolute atomic E-state index is 12.0. The summed E-state index contributed by atoms with van der Waals surface area (Å²) in [5.41, 5.74) is 14.5. The molecule has 7 heteroatoms. The third-order valence-corrected chi connectivity index (χ3v) is 5.39. The first-order valence-electron chi connectivity index (χ1n) is 9.43. The van der Waals surface area contributed by atoms with Crippen molar-refractivity contribution in [2.24, 2.45) is 10.7 Å². The Kier molecular flexibility index (Phi) is 7.59. The Balaban J connectivity index is 0.00000136. The van der Waals surface area contributed by atoms with Gasteiger partial charge in [0.15, 0.2) is 5.96 Å². The minimum absolute atomic E-state index is 0.0501. The Labute approximate surface area is 170 Å². The van der Waals surface area contributed by atoms with Gasteiger partial charge in [0.25, 0.3) is 0 Å². The molecule has 6 nitrogen and oxygen atoms in total. The number of carbonyl (C=O) groups excluding carboxylic acids is 1. The van der Waals surface area contributed by atoms with Crippen LogP contribution < -0.4 is 11.5 Å². The average molecular weight is 398 g/mol.